The predicted molar refractivity (Wildman–Crippen MR) is 124 cm³/mol. The summed E-state index contributed by atoms with van der Waals surface area (Å²) >= 11 is 0. The third-order valence-corrected chi connectivity index (χ3v) is 5.03. The van der Waals surface area contributed by atoms with E-state index in [4.69, 9.17) is 18.7 Å². The highest BCUT2D eigenvalue weighted by molar-refractivity contribution is 5.92. The van der Waals surface area contributed by atoms with Crippen LogP contribution in [0.15, 0.2) is 71.3 Å². The van der Waals surface area contributed by atoms with Crippen LogP contribution in [0, 0.1) is 0 Å². The molecule has 4 rings (SSSR count). The molecule has 1 N–H and O–H groups in total. The Morgan fingerprint density at radius 2 is 1.55 bits per heavy atom. The fraction of sp³-hybridized carbons (Fsp3) is 0.160. The Morgan fingerprint density at radius 1 is 0.848 bits per heavy atom. The number of hydrogen-bond donors (Lipinski definition) is 1. The van der Waals surface area contributed by atoms with E-state index in [9.17, 15) is 4.79 Å². The molecule has 4 aromatic rings. The van der Waals surface area contributed by atoms with Gasteiger partial charge < -0.3 is 24.1 Å². The Kier molecular flexibility index (Phi) is 6.54. The summed E-state index contributed by atoms with van der Waals surface area (Å²) in [5.74, 6) is 2.53. The first-order chi connectivity index (χ1) is 16.1. The Labute approximate surface area is 191 Å². The van der Waals surface area contributed by atoms with E-state index in [0.29, 0.717) is 40.2 Å². The molecular formula is C25H23N3O5. The number of aromatic nitrogens is 2. The van der Waals surface area contributed by atoms with Gasteiger partial charge in [-0.15, -0.1) is 0 Å². The maximum absolute atomic E-state index is 12.4. The largest absolute Gasteiger partial charge is 0.496 e. The summed E-state index contributed by atoms with van der Waals surface area (Å²) in [6.45, 7) is 0. The summed E-state index contributed by atoms with van der Waals surface area (Å²) in [5, 5.41) is 6.96. The number of rotatable bonds is 8. The Morgan fingerprint density at radius 3 is 2.27 bits per heavy atom. The Balaban J connectivity index is 1.45. The topological polar surface area (TPSA) is 95.7 Å². The maximum Gasteiger partial charge on any atom is 0.258 e. The number of benzene rings is 3. The minimum atomic E-state index is -0.137. The van der Waals surface area contributed by atoms with Gasteiger partial charge in [-0.1, -0.05) is 23.4 Å². The Hall–Kier alpha value is -4.33. The van der Waals surface area contributed by atoms with Crippen molar-refractivity contribution in [3.63, 3.8) is 0 Å². The second-order valence-corrected chi connectivity index (χ2v) is 7.11. The average Bonchev–Trinajstić information content (AvgIpc) is 3.34. The van der Waals surface area contributed by atoms with Crippen LogP contribution in [0.25, 0.3) is 22.8 Å². The van der Waals surface area contributed by atoms with Gasteiger partial charge in [0.25, 0.3) is 5.89 Å². The number of para-hydroxylation sites is 1. The number of anilines is 1. The molecule has 0 aliphatic carbocycles. The quantitative estimate of drug-likeness (QED) is 0.423. The van der Waals surface area contributed by atoms with Crippen molar-refractivity contribution in [1.29, 1.82) is 0 Å². The lowest BCUT2D eigenvalue weighted by Gasteiger charge is -2.09. The van der Waals surface area contributed by atoms with Crippen LogP contribution in [0.2, 0.25) is 0 Å². The lowest BCUT2D eigenvalue weighted by atomic mass is 10.1. The molecule has 1 amide bonds. The lowest BCUT2D eigenvalue weighted by molar-refractivity contribution is -0.115. The van der Waals surface area contributed by atoms with Gasteiger partial charge in [0.05, 0.1) is 27.8 Å². The molecule has 0 atom stereocenters. The van der Waals surface area contributed by atoms with Crippen LogP contribution in [0.3, 0.4) is 0 Å². The first-order valence-electron chi connectivity index (χ1n) is 10.2. The summed E-state index contributed by atoms with van der Waals surface area (Å²) < 4.78 is 21.3. The molecule has 0 aliphatic heterocycles. The van der Waals surface area contributed by atoms with Gasteiger partial charge in [-0.3, -0.25) is 4.79 Å². The molecule has 33 heavy (non-hydrogen) atoms. The third-order valence-electron chi connectivity index (χ3n) is 5.03. The van der Waals surface area contributed by atoms with Crippen LogP contribution < -0.4 is 19.5 Å². The number of methoxy groups -OCH3 is 3. The number of nitrogens with one attached hydrogen (secondary N) is 1. The maximum atomic E-state index is 12.4. The molecule has 0 bridgehead atoms. The number of hydrogen-bond acceptors (Lipinski definition) is 7. The van der Waals surface area contributed by atoms with Crippen LogP contribution in [0.4, 0.5) is 5.69 Å². The van der Waals surface area contributed by atoms with Gasteiger partial charge in [0.15, 0.2) is 11.5 Å². The van der Waals surface area contributed by atoms with Crippen molar-refractivity contribution in [2.24, 2.45) is 0 Å². The molecule has 0 spiro atoms. The smallest absolute Gasteiger partial charge is 0.258 e. The van der Waals surface area contributed by atoms with Crippen LogP contribution in [0.5, 0.6) is 17.2 Å². The SMILES string of the molecule is COc1ccccc1CC(=O)Nc1ccc(-c2noc(-c3ccc(OC)c(OC)c3)n2)cc1. The molecule has 8 heteroatoms. The van der Waals surface area contributed by atoms with E-state index < -0.39 is 0 Å². The minimum Gasteiger partial charge on any atom is -0.496 e. The third kappa shape index (κ3) is 4.95. The van der Waals surface area contributed by atoms with Crippen molar-refractivity contribution in [3.05, 3.63) is 72.3 Å². The number of carbonyl (C=O) groups is 1. The van der Waals surface area contributed by atoms with Crippen molar-refractivity contribution < 1.29 is 23.5 Å². The molecule has 0 fully saturated rings. The zero-order valence-electron chi connectivity index (χ0n) is 18.5. The van der Waals surface area contributed by atoms with Crippen molar-refractivity contribution in [2.75, 3.05) is 26.6 Å². The standard InChI is InChI=1S/C25H23N3O5/c1-30-20-7-5-4-6-17(20)15-23(29)26-19-11-8-16(9-12-19)24-27-25(33-28-24)18-10-13-21(31-2)22(14-18)32-3/h4-14H,15H2,1-3H3,(H,26,29). The summed E-state index contributed by atoms with van der Waals surface area (Å²) in [5.41, 5.74) is 2.96. The van der Waals surface area contributed by atoms with Crippen LogP contribution >= 0.6 is 0 Å². The van der Waals surface area contributed by atoms with E-state index >= 15 is 0 Å². The van der Waals surface area contributed by atoms with Crippen molar-refractivity contribution in [3.8, 4) is 40.1 Å². The first kappa shape index (κ1) is 21.9. The summed E-state index contributed by atoms with van der Waals surface area (Å²) in [6, 6.07) is 20.0. The lowest BCUT2D eigenvalue weighted by Crippen LogP contribution is -2.14. The van der Waals surface area contributed by atoms with Gasteiger partial charge in [0, 0.05) is 22.4 Å². The zero-order chi connectivity index (χ0) is 23.2. The van der Waals surface area contributed by atoms with Crippen LogP contribution in [0.1, 0.15) is 5.56 Å². The highest BCUT2D eigenvalue weighted by atomic mass is 16.5. The summed E-state index contributed by atoms with van der Waals surface area (Å²) in [4.78, 5) is 16.9. The summed E-state index contributed by atoms with van der Waals surface area (Å²) in [7, 11) is 4.73. The van der Waals surface area contributed by atoms with Crippen LogP contribution in [-0.4, -0.2) is 37.4 Å². The molecule has 168 valence electrons. The monoisotopic (exact) mass is 445 g/mol. The van der Waals surface area contributed by atoms with E-state index in [2.05, 4.69) is 15.5 Å². The molecule has 8 nitrogen and oxygen atoms in total. The molecule has 0 aliphatic rings. The highest BCUT2D eigenvalue weighted by Gasteiger charge is 2.14. The minimum absolute atomic E-state index is 0.137. The summed E-state index contributed by atoms with van der Waals surface area (Å²) in [6.07, 6.45) is 0.214. The van der Waals surface area contributed by atoms with Gasteiger partial charge in [-0.2, -0.15) is 4.98 Å². The van der Waals surface area contributed by atoms with E-state index in [1.807, 2.05) is 42.5 Å². The number of nitrogens with zero attached hydrogens (tertiary/aromatic N) is 2. The predicted octanol–water partition coefficient (Wildman–Crippen LogP) is 4.61. The van der Waals surface area contributed by atoms with Gasteiger partial charge in [0.1, 0.15) is 5.75 Å². The highest BCUT2D eigenvalue weighted by Crippen LogP contribution is 2.32. The molecule has 0 unspecified atom stereocenters. The Bertz CT molecular complexity index is 1250. The fourth-order valence-electron chi connectivity index (χ4n) is 3.36. The molecule has 1 heterocycles. The van der Waals surface area contributed by atoms with E-state index in [0.717, 1.165) is 11.1 Å². The van der Waals surface area contributed by atoms with E-state index in [1.54, 1.807) is 45.6 Å². The van der Waals surface area contributed by atoms with Crippen molar-refractivity contribution in [1.82, 2.24) is 10.1 Å². The molecule has 1 aromatic heterocycles. The molecule has 0 saturated carbocycles. The van der Waals surface area contributed by atoms with Crippen LogP contribution in [-0.2, 0) is 11.2 Å². The van der Waals surface area contributed by atoms with Gasteiger partial charge in [0.2, 0.25) is 11.7 Å². The zero-order valence-corrected chi connectivity index (χ0v) is 18.5. The first-order valence-corrected chi connectivity index (χ1v) is 10.2. The molecular weight excluding hydrogens is 422 g/mol. The molecule has 0 saturated heterocycles. The average molecular weight is 445 g/mol. The van der Waals surface area contributed by atoms with Crippen molar-refractivity contribution in [2.45, 2.75) is 6.42 Å². The second kappa shape index (κ2) is 9.86. The van der Waals surface area contributed by atoms with E-state index in [1.165, 1.54) is 0 Å². The molecule has 3 aromatic carbocycles. The normalized spacial score (nSPS) is 10.5. The number of carbonyl (C=O) groups excluding carboxylic acids is 1. The second-order valence-electron chi connectivity index (χ2n) is 7.11. The van der Waals surface area contributed by atoms with Crippen molar-refractivity contribution >= 4 is 11.6 Å². The molecule has 0 radical (unpaired) electrons. The van der Waals surface area contributed by atoms with E-state index in [-0.39, 0.29) is 12.3 Å². The van der Waals surface area contributed by atoms with Gasteiger partial charge in [-0.05, 0) is 48.5 Å². The fourth-order valence-corrected chi connectivity index (χ4v) is 3.36. The number of ether oxygens (including phenoxy) is 3. The van der Waals surface area contributed by atoms with Gasteiger partial charge >= 0.3 is 0 Å². The van der Waals surface area contributed by atoms with Gasteiger partial charge in [-0.25, -0.2) is 0 Å². The number of amides is 1.